The topological polar surface area (TPSA) is 76.5 Å². The molecule has 0 aliphatic carbocycles. The van der Waals surface area contributed by atoms with Crippen LogP contribution >= 0.6 is 0 Å². The lowest BCUT2D eigenvalue weighted by Gasteiger charge is -2.23. The minimum absolute atomic E-state index is 0.0104. The molecule has 1 fully saturated rings. The molecule has 4 rings (SSSR count). The van der Waals surface area contributed by atoms with Crippen molar-refractivity contribution in [2.45, 2.75) is 26.3 Å². The van der Waals surface area contributed by atoms with Gasteiger partial charge >= 0.3 is 0 Å². The summed E-state index contributed by atoms with van der Waals surface area (Å²) in [5.41, 5.74) is 2.86. The van der Waals surface area contributed by atoms with Crippen LogP contribution in [-0.4, -0.2) is 52.6 Å². The third-order valence-corrected chi connectivity index (χ3v) is 5.23. The van der Waals surface area contributed by atoms with Crippen LogP contribution in [0.2, 0.25) is 0 Å². The van der Waals surface area contributed by atoms with E-state index in [0.29, 0.717) is 26.3 Å². The van der Waals surface area contributed by atoms with E-state index in [0.717, 1.165) is 42.2 Å². The molecule has 2 aliphatic heterocycles. The van der Waals surface area contributed by atoms with Gasteiger partial charge in [-0.25, -0.2) is 4.98 Å². The van der Waals surface area contributed by atoms with Crippen molar-refractivity contribution in [2.75, 3.05) is 31.6 Å². The number of nitrogens with one attached hydrogen (secondary N) is 1. The summed E-state index contributed by atoms with van der Waals surface area (Å²) in [5, 5.41) is 2.78. The van der Waals surface area contributed by atoms with Crippen molar-refractivity contribution in [1.82, 2.24) is 14.5 Å². The average molecular weight is 368 g/mol. The van der Waals surface area contributed by atoms with Gasteiger partial charge in [-0.15, -0.1) is 0 Å². The zero-order valence-corrected chi connectivity index (χ0v) is 15.5. The van der Waals surface area contributed by atoms with Crippen LogP contribution in [0.15, 0.2) is 30.5 Å². The molecule has 2 aromatic rings. The fraction of sp³-hybridized carbons (Fsp3) is 0.450. The Labute approximate surface area is 158 Å². The summed E-state index contributed by atoms with van der Waals surface area (Å²) < 4.78 is 7.57. The SMILES string of the molecule is CC(=O)Nc1ccc(-c2cnc3n2CCN(C(=O)[C@@H]2CCOC2)CC3)cc1. The molecule has 142 valence electrons. The van der Waals surface area contributed by atoms with Crippen molar-refractivity contribution in [2.24, 2.45) is 5.92 Å². The summed E-state index contributed by atoms with van der Waals surface area (Å²) in [5.74, 6) is 1.14. The molecule has 1 N–H and O–H groups in total. The largest absolute Gasteiger partial charge is 0.381 e. The summed E-state index contributed by atoms with van der Waals surface area (Å²) in [6, 6.07) is 7.76. The van der Waals surface area contributed by atoms with Crippen LogP contribution in [0.4, 0.5) is 5.69 Å². The van der Waals surface area contributed by atoms with Gasteiger partial charge < -0.3 is 19.5 Å². The molecule has 2 aliphatic rings. The summed E-state index contributed by atoms with van der Waals surface area (Å²) >= 11 is 0. The molecule has 7 heteroatoms. The first-order valence-corrected chi connectivity index (χ1v) is 9.41. The number of aromatic nitrogens is 2. The van der Waals surface area contributed by atoms with Crippen LogP contribution in [0.3, 0.4) is 0 Å². The Balaban J connectivity index is 1.49. The molecule has 0 bridgehead atoms. The number of benzene rings is 1. The van der Waals surface area contributed by atoms with E-state index in [2.05, 4.69) is 14.9 Å². The van der Waals surface area contributed by atoms with Crippen molar-refractivity contribution in [3.63, 3.8) is 0 Å². The number of rotatable bonds is 3. The third kappa shape index (κ3) is 3.73. The van der Waals surface area contributed by atoms with Gasteiger partial charge in [0.2, 0.25) is 11.8 Å². The lowest BCUT2D eigenvalue weighted by Crippen LogP contribution is -2.38. The van der Waals surface area contributed by atoms with Crippen LogP contribution in [-0.2, 0) is 27.3 Å². The van der Waals surface area contributed by atoms with E-state index in [1.54, 1.807) is 0 Å². The Morgan fingerprint density at radius 1 is 1.19 bits per heavy atom. The molecule has 0 saturated carbocycles. The van der Waals surface area contributed by atoms with Gasteiger partial charge in [0.15, 0.2) is 0 Å². The third-order valence-electron chi connectivity index (χ3n) is 5.23. The average Bonchev–Trinajstić information content (AvgIpc) is 3.28. The first-order chi connectivity index (χ1) is 13.1. The Bertz CT molecular complexity index is 837. The number of hydrogen-bond donors (Lipinski definition) is 1. The summed E-state index contributed by atoms with van der Waals surface area (Å²) in [7, 11) is 0. The smallest absolute Gasteiger partial charge is 0.228 e. The number of nitrogens with zero attached hydrogens (tertiary/aromatic N) is 3. The van der Waals surface area contributed by atoms with E-state index in [9.17, 15) is 9.59 Å². The second-order valence-corrected chi connectivity index (χ2v) is 7.11. The second kappa shape index (κ2) is 7.52. The predicted octanol–water partition coefficient (Wildman–Crippen LogP) is 1.93. The Morgan fingerprint density at radius 3 is 2.70 bits per heavy atom. The number of amides is 2. The van der Waals surface area contributed by atoms with Gasteiger partial charge in [-0.2, -0.15) is 0 Å². The second-order valence-electron chi connectivity index (χ2n) is 7.11. The Hall–Kier alpha value is -2.67. The fourth-order valence-electron chi connectivity index (χ4n) is 3.80. The quantitative estimate of drug-likeness (QED) is 0.898. The maximum Gasteiger partial charge on any atom is 0.228 e. The van der Waals surface area contributed by atoms with Gasteiger partial charge in [0, 0.05) is 45.3 Å². The zero-order valence-electron chi connectivity index (χ0n) is 15.5. The van der Waals surface area contributed by atoms with Crippen molar-refractivity contribution < 1.29 is 14.3 Å². The normalized spacial score (nSPS) is 19.4. The van der Waals surface area contributed by atoms with Gasteiger partial charge in [-0.05, 0) is 24.1 Å². The first-order valence-electron chi connectivity index (χ1n) is 9.41. The highest BCUT2D eigenvalue weighted by Gasteiger charge is 2.29. The van der Waals surface area contributed by atoms with Crippen LogP contribution in [0, 0.1) is 5.92 Å². The van der Waals surface area contributed by atoms with Crippen molar-refractivity contribution in [3.8, 4) is 11.3 Å². The number of ether oxygens (including phenoxy) is 1. The van der Waals surface area contributed by atoms with E-state index in [1.165, 1.54) is 6.92 Å². The van der Waals surface area contributed by atoms with E-state index in [1.807, 2.05) is 35.4 Å². The summed E-state index contributed by atoms with van der Waals surface area (Å²) in [4.78, 5) is 30.4. The van der Waals surface area contributed by atoms with E-state index >= 15 is 0 Å². The molecule has 2 amide bonds. The van der Waals surface area contributed by atoms with Gasteiger partial charge in [0.05, 0.1) is 24.4 Å². The predicted molar refractivity (Wildman–Crippen MR) is 101 cm³/mol. The molecule has 1 aromatic heterocycles. The molecule has 27 heavy (non-hydrogen) atoms. The van der Waals surface area contributed by atoms with E-state index in [-0.39, 0.29) is 17.7 Å². The minimum atomic E-state index is -0.0848. The minimum Gasteiger partial charge on any atom is -0.381 e. The molecule has 0 unspecified atom stereocenters. The molecule has 3 heterocycles. The lowest BCUT2D eigenvalue weighted by molar-refractivity contribution is -0.135. The summed E-state index contributed by atoms with van der Waals surface area (Å²) in [6.07, 6.45) is 3.47. The van der Waals surface area contributed by atoms with Gasteiger partial charge in [0.1, 0.15) is 5.82 Å². The van der Waals surface area contributed by atoms with Gasteiger partial charge in [-0.1, -0.05) is 12.1 Å². The van der Waals surface area contributed by atoms with Crippen molar-refractivity contribution >= 4 is 17.5 Å². The standard InChI is InChI=1S/C20H24N4O3/c1-14(25)22-17-4-2-15(3-5-17)18-12-21-19-6-8-23(9-10-24(18)19)20(26)16-7-11-27-13-16/h2-5,12,16H,6-11,13H2,1H3,(H,22,25)/t16-/m1/s1. The molecule has 7 nitrogen and oxygen atoms in total. The van der Waals surface area contributed by atoms with Crippen LogP contribution < -0.4 is 5.32 Å². The number of carbonyl (C=O) groups is 2. The highest BCUT2D eigenvalue weighted by molar-refractivity contribution is 5.88. The lowest BCUT2D eigenvalue weighted by atomic mass is 10.1. The molecule has 1 atom stereocenters. The molecule has 1 saturated heterocycles. The monoisotopic (exact) mass is 368 g/mol. The number of carbonyl (C=O) groups excluding carboxylic acids is 2. The van der Waals surface area contributed by atoms with Gasteiger partial charge in [-0.3, -0.25) is 9.59 Å². The highest BCUT2D eigenvalue weighted by atomic mass is 16.5. The molecule has 0 radical (unpaired) electrons. The van der Waals surface area contributed by atoms with E-state index < -0.39 is 0 Å². The van der Waals surface area contributed by atoms with Gasteiger partial charge in [0.25, 0.3) is 0 Å². The maximum atomic E-state index is 12.7. The number of hydrogen-bond acceptors (Lipinski definition) is 4. The maximum absolute atomic E-state index is 12.7. The zero-order chi connectivity index (χ0) is 18.8. The first kappa shape index (κ1) is 17.7. The summed E-state index contributed by atoms with van der Waals surface area (Å²) in [6.45, 7) is 4.85. The van der Waals surface area contributed by atoms with Crippen LogP contribution in [0.1, 0.15) is 19.2 Å². The van der Waals surface area contributed by atoms with Crippen LogP contribution in [0.5, 0.6) is 0 Å². The number of anilines is 1. The molecule has 0 spiro atoms. The van der Waals surface area contributed by atoms with Crippen molar-refractivity contribution in [1.29, 1.82) is 0 Å². The fourth-order valence-corrected chi connectivity index (χ4v) is 3.80. The highest BCUT2D eigenvalue weighted by Crippen LogP contribution is 2.25. The van der Waals surface area contributed by atoms with Crippen LogP contribution in [0.25, 0.3) is 11.3 Å². The molecule has 1 aromatic carbocycles. The number of fused-ring (bicyclic) bond motifs is 1. The van der Waals surface area contributed by atoms with E-state index in [4.69, 9.17) is 4.74 Å². The molecular weight excluding hydrogens is 344 g/mol. The Kier molecular flexibility index (Phi) is 4.94. The Morgan fingerprint density at radius 2 is 2.00 bits per heavy atom. The van der Waals surface area contributed by atoms with Crippen molar-refractivity contribution in [3.05, 3.63) is 36.3 Å². The molecular formula is C20H24N4O3. The number of imidazole rings is 1.